The van der Waals surface area contributed by atoms with Crippen molar-refractivity contribution in [1.29, 1.82) is 0 Å². The first kappa shape index (κ1) is 17.6. The minimum atomic E-state index is -1.12. The van der Waals surface area contributed by atoms with Gasteiger partial charge in [-0.25, -0.2) is 24.5 Å². The summed E-state index contributed by atoms with van der Waals surface area (Å²) < 4.78 is 0. The number of amides is 2. The van der Waals surface area contributed by atoms with Crippen molar-refractivity contribution in [3.05, 3.63) is 64.8 Å². The molecule has 0 saturated heterocycles. The van der Waals surface area contributed by atoms with Crippen LogP contribution < -0.4 is 10.2 Å². The number of thiophene rings is 1. The van der Waals surface area contributed by atoms with Crippen molar-refractivity contribution in [3.8, 4) is 11.1 Å². The van der Waals surface area contributed by atoms with Crippen LogP contribution >= 0.6 is 22.9 Å². The van der Waals surface area contributed by atoms with E-state index >= 15 is 0 Å². The van der Waals surface area contributed by atoms with Crippen LogP contribution in [-0.2, 0) is 0 Å². The number of urea groups is 1. The Morgan fingerprint density at radius 2 is 1.69 bits per heavy atom. The molecule has 1 aliphatic heterocycles. The third kappa shape index (κ3) is 2.81. The van der Waals surface area contributed by atoms with Crippen molar-refractivity contribution in [2.24, 2.45) is 0 Å². The van der Waals surface area contributed by atoms with Gasteiger partial charge in [-0.2, -0.15) is 0 Å². The Labute approximate surface area is 173 Å². The molecule has 1 aliphatic rings. The van der Waals surface area contributed by atoms with Crippen LogP contribution in [0.4, 0.5) is 22.0 Å². The summed E-state index contributed by atoms with van der Waals surface area (Å²) >= 11 is 6.95. The predicted octanol–water partition coefficient (Wildman–Crippen LogP) is 5.39. The third-order valence-electron chi connectivity index (χ3n) is 4.61. The number of halogens is 1. The van der Waals surface area contributed by atoms with Gasteiger partial charge in [-0.15, -0.1) is 11.3 Å². The number of anilines is 3. The van der Waals surface area contributed by atoms with E-state index in [0.717, 1.165) is 22.5 Å². The first-order valence-electron chi connectivity index (χ1n) is 8.51. The number of rotatable bonds is 3. The second-order valence-electron chi connectivity index (χ2n) is 6.31. The quantitative estimate of drug-likeness (QED) is 0.461. The first-order chi connectivity index (χ1) is 14.0. The van der Waals surface area contributed by atoms with Crippen LogP contribution in [0.15, 0.2) is 54.9 Å². The van der Waals surface area contributed by atoms with Gasteiger partial charge in [0.1, 0.15) is 16.0 Å². The Hall–Kier alpha value is -3.49. The van der Waals surface area contributed by atoms with E-state index in [2.05, 4.69) is 15.3 Å². The number of nitrogens with one attached hydrogen (secondary N) is 1. The molecule has 2 amide bonds. The van der Waals surface area contributed by atoms with Crippen molar-refractivity contribution >= 4 is 62.3 Å². The molecule has 29 heavy (non-hydrogen) atoms. The number of carboxylic acids is 1. The zero-order chi connectivity index (χ0) is 20.1. The van der Waals surface area contributed by atoms with Gasteiger partial charge in [0.25, 0.3) is 0 Å². The lowest BCUT2D eigenvalue weighted by Crippen LogP contribution is -2.34. The standard InChI is InChI=1S/C20H11ClN4O3S/c21-12-5-1-10(2-6-12)11-3-7-13(8-4-11)25-17-14-15(24-20(25)28)16(19(26)27)29-18(14)23-9-22-17/h1-9H,(H,24,28)(H,26,27). The molecule has 0 radical (unpaired) electrons. The normalized spacial score (nSPS) is 12.9. The molecule has 9 heteroatoms. The first-order valence-corrected chi connectivity index (χ1v) is 9.70. The highest BCUT2D eigenvalue weighted by Crippen LogP contribution is 2.44. The number of hydrogen-bond acceptors (Lipinski definition) is 5. The van der Waals surface area contributed by atoms with Gasteiger partial charge in [-0.05, 0) is 35.4 Å². The molecule has 0 bridgehead atoms. The van der Waals surface area contributed by atoms with Crippen molar-refractivity contribution in [1.82, 2.24) is 9.97 Å². The summed E-state index contributed by atoms with van der Waals surface area (Å²) in [6, 6.07) is 14.4. The molecule has 0 unspecified atom stereocenters. The van der Waals surface area contributed by atoms with E-state index in [4.69, 9.17) is 11.6 Å². The van der Waals surface area contributed by atoms with Crippen molar-refractivity contribution in [2.75, 3.05) is 10.2 Å². The Bertz CT molecular complexity index is 1290. The maximum atomic E-state index is 12.8. The Morgan fingerprint density at radius 1 is 1.03 bits per heavy atom. The van der Waals surface area contributed by atoms with E-state index < -0.39 is 12.0 Å². The van der Waals surface area contributed by atoms with Crippen LogP contribution in [0.5, 0.6) is 0 Å². The summed E-state index contributed by atoms with van der Waals surface area (Å²) in [4.78, 5) is 34.7. The minimum absolute atomic E-state index is 0.0350. The van der Waals surface area contributed by atoms with E-state index in [1.165, 1.54) is 11.2 Å². The number of nitrogens with zero attached hydrogens (tertiary/aromatic N) is 3. The number of benzene rings is 2. The number of aromatic nitrogens is 2. The number of carbonyl (C=O) groups excluding carboxylic acids is 1. The molecule has 2 aromatic heterocycles. The molecule has 0 spiro atoms. The molecule has 7 nitrogen and oxygen atoms in total. The van der Waals surface area contributed by atoms with Gasteiger partial charge >= 0.3 is 12.0 Å². The summed E-state index contributed by atoms with van der Waals surface area (Å²) in [6.45, 7) is 0. The van der Waals surface area contributed by atoms with E-state index in [1.54, 1.807) is 0 Å². The van der Waals surface area contributed by atoms with Crippen molar-refractivity contribution in [3.63, 3.8) is 0 Å². The maximum Gasteiger partial charge on any atom is 0.348 e. The zero-order valence-corrected chi connectivity index (χ0v) is 16.2. The van der Waals surface area contributed by atoms with Crippen molar-refractivity contribution < 1.29 is 14.7 Å². The predicted molar refractivity (Wildman–Crippen MR) is 112 cm³/mol. The molecule has 2 aromatic carbocycles. The Morgan fingerprint density at radius 3 is 2.34 bits per heavy atom. The second kappa shape index (κ2) is 6.54. The SMILES string of the molecule is O=C(O)c1sc2ncnc3c2c1NC(=O)N3c1ccc(-c2ccc(Cl)cc2)cc1. The summed E-state index contributed by atoms with van der Waals surface area (Å²) in [5.74, 6) is -0.758. The summed E-state index contributed by atoms with van der Waals surface area (Å²) in [7, 11) is 0. The Kier molecular flexibility index (Phi) is 3.97. The molecule has 0 saturated carbocycles. The fourth-order valence-electron chi connectivity index (χ4n) is 3.30. The molecular weight excluding hydrogens is 412 g/mol. The molecular formula is C20H11ClN4O3S. The highest BCUT2D eigenvalue weighted by Gasteiger charge is 2.33. The molecule has 3 heterocycles. The zero-order valence-electron chi connectivity index (χ0n) is 14.6. The highest BCUT2D eigenvalue weighted by molar-refractivity contribution is 7.21. The van der Waals surface area contributed by atoms with Crippen LogP contribution in [0, 0.1) is 0 Å². The maximum absolute atomic E-state index is 12.8. The third-order valence-corrected chi connectivity index (χ3v) is 5.95. The summed E-state index contributed by atoms with van der Waals surface area (Å²) in [5.41, 5.74) is 2.82. The van der Waals surface area contributed by atoms with Crippen LogP contribution in [0.1, 0.15) is 9.67 Å². The molecule has 5 rings (SSSR count). The topological polar surface area (TPSA) is 95.4 Å². The number of hydrogen-bond donors (Lipinski definition) is 2. The molecule has 0 fully saturated rings. The van der Waals surface area contributed by atoms with Crippen LogP contribution in [0.2, 0.25) is 5.02 Å². The second-order valence-corrected chi connectivity index (χ2v) is 7.74. The average molecular weight is 423 g/mol. The number of carboxylic acid groups (broad SMARTS) is 1. The lowest BCUT2D eigenvalue weighted by Gasteiger charge is -2.27. The van der Waals surface area contributed by atoms with Gasteiger partial charge in [0.05, 0.1) is 16.8 Å². The largest absolute Gasteiger partial charge is 0.477 e. The van der Waals surface area contributed by atoms with Gasteiger partial charge in [0.15, 0.2) is 5.82 Å². The van der Waals surface area contributed by atoms with Crippen LogP contribution in [-0.4, -0.2) is 27.1 Å². The van der Waals surface area contributed by atoms with E-state index in [1.807, 2.05) is 48.5 Å². The average Bonchev–Trinajstić information content (AvgIpc) is 3.09. The van der Waals surface area contributed by atoms with Gasteiger partial charge in [0, 0.05) is 5.02 Å². The fourth-order valence-corrected chi connectivity index (χ4v) is 4.36. The summed E-state index contributed by atoms with van der Waals surface area (Å²) in [6.07, 6.45) is 1.33. The van der Waals surface area contributed by atoms with Gasteiger partial charge in [-0.1, -0.05) is 35.9 Å². The van der Waals surface area contributed by atoms with Gasteiger partial charge in [0.2, 0.25) is 0 Å². The summed E-state index contributed by atoms with van der Waals surface area (Å²) in [5, 5.41) is 13.3. The van der Waals surface area contributed by atoms with Crippen molar-refractivity contribution in [2.45, 2.75) is 0 Å². The molecule has 4 aromatic rings. The molecule has 0 atom stereocenters. The van der Waals surface area contributed by atoms with E-state index in [-0.39, 0.29) is 10.6 Å². The minimum Gasteiger partial charge on any atom is -0.477 e. The van der Waals surface area contributed by atoms with Crippen LogP contribution in [0.25, 0.3) is 21.3 Å². The monoisotopic (exact) mass is 422 g/mol. The van der Waals surface area contributed by atoms with E-state index in [9.17, 15) is 14.7 Å². The highest BCUT2D eigenvalue weighted by atomic mass is 35.5. The molecule has 2 N–H and O–H groups in total. The lowest BCUT2D eigenvalue weighted by molar-refractivity contribution is 0.0703. The number of aromatic carboxylic acids is 1. The van der Waals surface area contributed by atoms with Crippen LogP contribution in [0.3, 0.4) is 0 Å². The fraction of sp³-hybridized carbons (Fsp3) is 0. The van der Waals surface area contributed by atoms with Gasteiger partial charge in [-0.3, -0.25) is 0 Å². The Balaban J connectivity index is 1.60. The van der Waals surface area contributed by atoms with Gasteiger partial charge < -0.3 is 10.4 Å². The molecule has 142 valence electrons. The lowest BCUT2D eigenvalue weighted by atomic mass is 10.1. The van der Waals surface area contributed by atoms with E-state index in [0.29, 0.717) is 26.7 Å². The molecule has 0 aliphatic carbocycles. The number of carbonyl (C=O) groups is 2. The smallest absolute Gasteiger partial charge is 0.348 e.